The van der Waals surface area contributed by atoms with Gasteiger partial charge in [-0.1, -0.05) is 12.7 Å². The van der Waals surface area contributed by atoms with E-state index in [9.17, 15) is 0 Å². The zero-order valence-electron chi connectivity index (χ0n) is 7.36. The molecule has 0 spiro atoms. The number of hydrogen-bond acceptors (Lipinski definition) is 2. The molecule has 12 heavy (non-hydrogen) atoms. The molecule has 0 aliphatic rings. The first-order valence-corrected chi connectivity index (χ1v) is 4.09. The lowest BCUT2D eigenvalue weighted by Crippen LogP contribution is -2.05. The molecule has 0 amide bonds. The number of aromatic nitrogens is 2. The topological polar surface area (TPSA) is 27.1 Å². The molecule has 0 bridgehead atoms. The van der Waals surface area contributed by atoms with Crippen LogP contribution in [0.2, 0.25) is 0 Å². The second kappa shape index (κ2) is 4.72. The van der Waals surface area contributed by atoms with Gasteiger partial charge in [-0.15, -0.1) is 0 Å². The molecule has 0 unspecified atom stereocenters. The van der Waals surface area contributed by atoms with Crippen molar-refractivity contribution < 1.29 is 4.74 Å². The Kier molecular flexibility index (Phi) is 3.54. The first-order valence-electron chi connectivity index (χ1n) is 4.09. The molecule has 0 aliphatic carbocycles. The van der Waals surface area contributed by atoms with Gasteiger partial charge in [0.1, 0.15) is 0 Å². The van der Waals surface area contributed by atoms with E-state index < -0.39 is 0 Å². The summed E-state index contributed by atoms with van der Waals surface area (Å²) in [7, 11) is 0. The van der Waals surface area contributed by atoms with Crippen molar-refractivity contribution in [2.75, 3.05) is 13.2 Å². The van der Waals surface area contributed by atoms with E-state index in [0.29, 0.717) is 0 Å². The molecule has 1 aromatic heterocycles. The van der Waals surface area contributed by atoms with E-state index in [4.69, 9.17) is 4.74 Å². The molecule has 0 fully saturated rings. The Labute approximate surface area is 72.7 Å². The minimum Gasteiger partial charge on any atom is -0.380 e. The van der Waals surface area contributed by atoms with Gasteiger partial charge < -0.3 is 4.74 Å². The van der Waals surface area contributed by atoms with Crippen LogP contribution in [0.25, 0.3) is 6.08 Å². The summed E-state index contributed by atoms with van der Waals surface area (Å²) in [6.45, 7) is 7.92. The standard InChI is InChI=1S/C9H14N2O/c1-3-9-7-10-11(8-9)5-6-12-4-2/h3,7-8H,1,4-6H2,2H3. The fraction of sp³-hybridized carbons (Fsp3) is 0.444. The zero-order valence-corrected chi connectivity index (χ0v) is 7.36. The van der Waals surface area contributed by atoms with Crippen molar-refractivity contribution in [3.05, 3.63) is 24.5 Å². The van der Waals surface area contributed by atoms with Gasteiger partial charge in [-0.3, -0.25) is 4.68 Å². The molecule has 0 N–H and O–H groups in total. The van der Waals surface area contributed by atoms with Crippen molar-refractivity contribution in [1.29, 1.82) is 0 Å². The van der Waals surface area contributed by atoms with Crippen LogP contribution in [0.4, 0.5) is 0 Å². The van der Waals surface area contributed by atoms with Gasteiger partial charge in [0.2, 0.25) is 0 Å². The summed E-state index contributed by atoms with van der Waals surface area (Å²) in [6, 6.07) is 0. The fourth-order valence-electron chi connectivity index (χ4n) is 0.910. The Hall–Kier alpha value is -1.09. The first kappa shape index (κ1) is 9.00. The van der Waals surface area contributed by atoms with Crippen LogP contribution in [-0.2, 0) is 11.3 Å². The fourth-order valence-corrected chi connectivity index (χ4v) is 0.910. The Morgan fingerprint density at radius 2 is 2.58 bits per heavy atom. The van der Waals surface area contributed by atoms with Crippen molar-refractivity contribution in [2.24, 2.45) is 0 Å². The number of nitrogens with zero attached hydrogens (tertiary/aromatic N) is 2. The first-order chi connectivity index (χ1) is 5.86. The second-order valence-corrected chi connectivity index (χ2v) is 2.44. The number of rotatable bonds is 5. The highest BCUT2D eigenvalue weighted by Crippen LogP contribution is 1.98. The van der Waals surface area contributed by atoms with Crippen molar-refractivity contribution >= 4 is 6.08 Å². The van der Waals surface area contributed by atoms with Gasteiger partial charge in [0.05, 0.1) is 19.3 Å². The molecule has 0 saturated heterocycles. The molecule has 66 valence electrons. The second-order valence-electron chi connectivity index (χ2n) is 2.44. The number of hydrogen-bond donors (Lipinski definition) is 0. The van der Waals surface area contributed by atoms with E-state index >= 15 is 0 Å². The van der Waals surface area contributed by atoms with Crippen molar-refractivity contribution in [3.8, 4) is 0 Å². The van der Waals surface area contributed by atoms with Crippen LogP contribution in [0, 0.1) is 0 Å². The Bertz CT molecular complexity index is 242. The quantitative estimate of drug-likeness (QED) is 0.621. The highest BCUT2D eigenvalue weighted by molar-refractivity contribution is 5.43. The monoisotopic (exact) mass is 166 g/mol. The summed E-state index contributed by atoms with van der Waals surface area (Å²) >= 11 is 0. The maximum absolute atomic E-state index is 5.19. The van der Waals surface area contributed by atoms with E-state index in [0.717, 1.165) is 25.3 Å². The molecular weight excluding hydrogens is 152 g/mol. The summed E-state index contributed by atoms with van der Waals surface area (Å²) in [5.41, 5.74) is 1.05. The van der Waals surface area contributed by atoms with Crippen molar-refractivity contribution in [3.63, 3.8) is 0 Å². The summed E-state index contributed by atoms with van der Waals surface area (Å²) < 4.78 is 7.05. The summed E-state index contributed by atoms with van der Waals surface area (Å²) in [5, 5.41) is 4.12. The third kappa shape index (κ3) is 2.51. The average Bonchev–Trinajstić information content (AvgIpc) is 2.53. The molecule has 0 atom stereocenters. The van der Waals surface area contributed by atoms with Crippen molar-refractivity contribution in [1.82, 2.24) is 9.78 Å². The van der Waals surface area contributed by atoms with Gasteiger partial charge in [-0.25, -0.2) is 0 Å². The van der Waals surface area contributed by atoms with Crippen LogP contribution in [0.15, 0.2) is 19.0 Å². The zero-order chi connectivity index (χ0) is 8.81. The van der Waals surface area contributed by atoms with Gasteiger partial charge in [0, 0.05) is 18.4 Å². The highest BCUT2D eigenvalue weighted by Gasteiger charge is 1.93. The maximum Gasteiger partial charge on any atom is 0.0662 e. The highest BCUT2D eigenvalue weighted by atomic mass is 16.5. The predicted octanol–water partition coefficient (Wildman–Crippen LogP) is 1.56. The van der Waals surface area contributed by atoms with Gasteiger partial charge >= 0.3 is 0 Å². The Morgan fingerprint density at radius 3 is 3.17 bits per heavy atom. The lowest BCUT2D eigenvalue weighted by atomic mass is 10.4. The molecule has 1 rings (SSSR count). The smallest absolute Gasteiger partial charge is 0.0662 e. The van der Waals surface area contributed by atoms with Crippen LogP contribution in [0.1, 0.15) is 12.5 Å². The Balaban J connectivity index is 2.36. The van der Waals surface area contributed by atoms with E-state index in [-0.39, 0.29) is 0 Å². The van der Waals surface area contributed by atoms with E-state index in [1.165, 1.54) is 0 Å². The minimum atomic E-state index is 0.717. The van der Waals surface area contributed by atoms with Crippen molar-refractivity contribution in [2.45, 2.75) is 13.5 Å². The summed E-state index contributed by atoms with van der Waals surface area (Å²) in [4.78, 5) is 0. The maximum atomic E-state index is 5.19. The lowest BCUT2D eigenvalue weighted by molar-refractivity contribution is 0.136. The largest absolute Gasteiger partial charge is 0.380 e. The van der Waals surface area contributed by atoms with E-state index in [2.05, 4.69) is 11.7 Å². The normalized spacial score (nSPS) is 10.1. The molecule has 0 aliphatic heterocycles. The molecular formula is C9H14N2O. The third-order valence-corrected chi connectivity index (χ3v) is 1.56. The number of ether oxygens (including phenoxy) is 1. The van der Waals surface area contributed by atoms with E-state index in [1.54, 1.807) is 12.3 Å². The van der Waals surface area contributed by atoms with E-state index in [1.807, 2.05) is 17.8 Å². The van der Waals surface area contributed by atoms with Crippen LogP contribution in [-0.4, -0.2) is 23.0 Å². The predicted molar refractivity (Wildman–Crippen MR) is 48.8 cm³/mol. The summed E-state index contributed by atoms with van der Waals surface area (Å²) in [5.74, 6) is 0. The summed E-state index contributed by atoms with van der Waals surface area (Å²) in [6.07, 6.45) is 5.52. The average molecular weight is 166 g/mol. The van der Waals surface area contributed by atoms with Crippen LogP contribution in [0.3, 0.4) is 0 Å². The molecule has 1 aromatic rings. The van der Waals surface area contributed by atoms with Gasteiger partial charge in [0.15, 0.2) is 0 Å². The lowest BCUT2D eigenvalue weighted by Gasteiger charge is -2.00. The molecule has 0 saturated carbocycles. The van der Waals surface area contributed by atoms with Crippen LogP contribution < -0.4 is 0 Å². The van der Waals surface area contributed by atoms with Crippen LogP contribution in [0.5, 0.6) is 0 Å². The molecule has 0 aromatic carbocycles. The third-order valence-electron chi connectivity index (χ3n) is 1.56. The van der Waals surface area contributed by atoms with Gasteiger partial charge in [-0.05, 0) is 6.92 Å². The molecule has 3 heteroatoms. The Morgan fingerprint density at radius 1 is 1.75 bits per heavy atom. The van der Waals surface area contributed by atoms with Crippen LogP contribution >= 0.6 is 0 Å². The van der Waals surface area contributed by atoms with Gasteiger partial charge in [0.25, 0.3) is 0 Å². The molecule has 0 radical (unpaired) electrons. The SMILES string of the molecule is C=Cc1cnn(CCOCC)c1. The molecule has 3 nitrogen and oxygen atoms in total. The molecule has 1 heterocycles. The minimum absolute atomic E-state index is 0.717. The van der Waals surface area contributed by atoms with Gasteiger partial charge in [-0.2, -0.15) is 5.10 Å².